The van der Waals surface area contributed by atoms with Crippen LogP contribution in [0.4, 0.5) is 5.82 Å². The van der Waals surface area contributed by atoms with Crippen LogP contribution < -0.4 is 10.2 Å². The molecule has 7 heteroatoms. The minimum atomic E-state index is -0.374. The van der Waals surface area contributed by atoms with Gasteiger partial charge in [0.25, 0.3) is 0 Å². The fraction of sp³-hybridized carbons (Fsp3) is 0.462. The maximum Gasteiger partial charge on any atom is 0.341 e. The van der Waals surface area contributed by atoms with E-state index in [1.54, 1.807) is 17.6 Å². The first-order chi connectivity index (χ1) is 9.78. The summed E-state index contributed by atoms with van der Waals surface area (Å²) in [6, 6.07) is 1.93. The van der Waals surface area contributed by atoms with Gasteiger partial charge in [0.1, 0.15) is 0 Å². The highest BCUT2D eigenvalue weighted by Gasteiger charge is 2.15. The first kappa shape index (κ1) is 12.9. The topological polar surface area (TPSA) is 71.8 Å². The van der Waals surface area contributed by atoms with E-state index in [-0.39, 0.29) is 5.97 Å². The lowest BCUT2D eigenvalue weighted by atomic mass is 10.3. The summed E-state index contributed by atoms with van der Waals surface area (Å²) in [6.07, 6.45) is 3.18. The van der Waals surface area contributed by atoms with Crippen molar-refractivity contribution in [2.45, 2.75) is 6.92 Å². The summed E-state index contributed by atoms with van der Waals surface area (Å²) in [5.41, 5.74) is 1.14. The van der Waals surface area contributed by atoms with Crippen molar-refractivity contribution < 1.29 is 9.53 Å². The van der Waals surface area contributed by atoms with Crippen LogP contribution in [-0.4, -0.2) is 53.4 Å². The second-order valence-electron chi connectivity index (χ2n) is 4.61. The number of piperazine rings is 1. The zero-order valence-corrected chi connectivity index (χ0v) is 11.4. The second kappa shape index (κ2) is 5.46. The van der Waals surface area contributed by atoms with Crippen LogP contribution in [0, 0.1) is 0 Å². The van der Waals surface area contributed by atoms with Crippen molar-refractivity contribution in [2.75, 3.05) is 37.7 Å². The number of carbonyl (C=O) groups excluding carboxylic acids is 1. The average Bonchev–Trinajstić information content (AvgIpc) is 2.91. The predicted octanol–water partition coefficient (Wildman–Crippen LogP) is 0.316. The molecule has 0 amide bonds. The van der Waals surface area contributed by atoms with Crippen LogP contribution in [0.3, 0.4) is 0 Å². The van der Waals surface area contributed by atoms with Crippen LogP contribution in [-0.2, 0) is 4.74 Å². The highest BCUT2D eigenvalue weighted by atomic mass is 16.5. The van der Waals surface area contributed by atoms with Crippen molar-refractivity contribution >= 4 is 17.4 Å². The standard InChI is InChI=1S/C13H17N5O2/c1-2-20-13(19)10-8-15-11-7-12(16-18(11)9-10)17-5-3-14-4-6-17/h7-9,14H,2-6H2,1H3. The SMILES string of the molecule is CCOC(=O)c1cnc2cc(N3CCNCC3)nn2c1. The minimum Gasteiger partial charge on any atom is -0.462 e. The van der Waals surface area contributed by atoms with Gasteiger partial charge < -0.3 is 15.0 Å². The van der Waals surface area contributed by atoms with Gasteiger partial charge in [0, 0.05) is 44.6 Å². The van der Waals surface area contributed by atoms with Gasteiger partial charge in [-0.3, -0.25) is 0 Å². The van der Waals surface area contributed by atoms with Gasteiger partial charge in [-0.05, 0) is 6.92 Å². The number of ether oxygens (including phenoxy) is 1. The maximum absolute atomic E-state index is 11.7. The highest BCUT2D eigenvalue weighted by molar-refractivity contribution is 5.88. The van der Waals surface area contributed by atoms with Gasteiger partial charge in [0.05, 0.1) is 12.2 Å². The summed E-state index contributed by atoms with van der Waals surface area (Å²) < 4.78 is 6.59. The van der Waals surface area contributed by atoms with Gasteiger partial charge >= 0.3 is 5.97 Å². The Bertz CT molecular complexity index is 618. The number of nitrogens with zero attached hydrogens (tertiary/aromatic N) is 4. The zero-order chi connectivity index (χ0) is 13.9. The first-order valence-electron chi connectivity index (χ1n) is 6.76. The first-order valence-corrected chi connectivity index (χ1v) is 6.76. The summed E-state index contributed by atoms with van der Waals surface area (Å²) in [5.74, 6) is 0.515. The Labute approximate surface area is 116 Å². The van der Waals surface area contributed by atoms with Gasteiger partial charge in [0.2, 0.25) is 0 Å². The smallest absolute Gasteiger partial charge is 0.341 e. The number of hydrogen-bond acceptors (Lipinski definition) is 6. The molecule has 0 aliphatic carbocycles. The molecule has 1 saturated heterocycles. The lowest BCUT2D eigenvalue weighted by Gasteiger charge is -2.26. The fourth-order valence-corrected chi connectivity index (χ4v) is 2.23. The van der Waals surface area contributed by atoms with E-state index < -0.39 is 0 Å². The quantitative estimate of drug-likeness (QED) is 0.813. The van der Waals surface area contributed by atoms with Crippen molar-refractivity contribution in [1.82, 2.24) is 19.9 Å². The van der Waals surface area contributed by atoms with Gasteiger partial charge in [0.15, 0.2) is 11.5 Å². The Morgan fingerprint density at radius 3 is 3.00 bits per heavy atom. The summed E-state index contributed by atoms with van der Waals surface area (Å²) in [5, 5.41) is 7.79. The molecule has 2 aromatic heterocycles. The molecule has 1 aliphatic rings. The van der Waals surface area contributed by atoms with Crippen LogP contribution in [0.1, 0.15) is 17.3 Å². The summed E-state index contributed by atoms with van der Waals surface area (Å²) in [6.45, 7) is 5.89. The number of hydrogen-bond donors (Lipinski definition) is 1. The minimum absolute atomic E-state index is 0.349. The van der Waals surface area contributed by atoms with E-state index in [1.807, 2.05) is 6.07 Å². The van der Waals surface area contributed by atoms with Crippen LogP contribution in [0.15, 0.2) is 18.5 Å². The van der Waals surface area contributed by atoms with Crippen LogP contribution in [0.2, 0.25) is 0 Å². The molecule has 0 spiro atoms. The third-order valence-electron chi connectivity index (χ3n) is 3.25. The van der Waals surface area contributed by atoms with Crippen LogP contribution in [0.5, 0.6) is 0 Å². The summed E-state index contributed by atoms with van der Waals surface area (Å²) in [7, 11) is 0. The number of anilines is 1. The summed E-state index contributed by atoms with van der Waals surface area (Å²) in [4.78, 5) is 18.1. The predicted molar refractivity (Wildman–Crippen MR) is 74.0 cm³/mol. The normalized spacial score (nSPS) is 15.6. The molecule has 1 aliphatic heterocycles. The molecule has 3 rings (SSSR count). The number of carbonyl (C=O) groups is 1. The number of aromatic nitrogens is 3. The Balaban J connectivity index is 1.88. The fourth-order valence-electron chi connectivity index (χ4n) is 2.23. The molecule has 7 nitrogen and oxygen atoms in total. The van der Waals surface area contributed by atoms with E-state index >= 15 is 0 Å². The average molecular weight is 275 g/mol. The molecule has 2 aromatic rings. The van der Waals surface area contributed by atoms with E-state index in [0.29, 0.717) is 12.2 Å². The van der Waals surface area contributed by atoms with Gasteiger partial charge in [-0.2, -0.15) is 0 Å². The molecule has 20 heavy (non-hydrogen) atoms. The molecule has 0 unspecified atom stereocenters. The lowest BCUT2D eigenvalue weighted by Crippen LogP contribution is -2.43. The van der Waals surface area contributed by atoms with E-state index in [0.717, 1.165) is 37.6 Å². The molecule has 1 N–H and O–H groups in total. The molecule has 1 fully saturated rings. The second-order valence-corrected chi connectivity index (χ2v) is 4.61. The van der Waals surface area contributed by atoms with Crippen molar-refractivity contribution in [3.63, 3.8) is 0 Å². The van der Waals surface area contributed by atoms with Crippen molar-refractivity contribution in [2.24, 2.45) is 0 Å². The van der Waals surface area contributed by atoms with E-state index in [2.05, 4.69) is 20.3 Å². The largest absolute Gasteiger partial charge is 0.462 e. The molecular formula is C13H17N5O2. The van der Waals surface area contributed by atoms with E-state index in [1.165, 1.54) is 6.20 Å². The van der Waals surface area contributed by atoms with Crippen molar-refractivity contribution in [3.8, 4) is 0 Å². The number of nitrogens with one attached hydrogen (secondary N) is 1. The number of esters is 1. The van der Waals surface area contributed by atoms with E-state index in [4.69, 9.17) is 4.74 Å². The van der Waals surface area contributed by atoms with Crippen molar-refractivity contribution in [1.29, 1.82) is 0 Å². The molecule has 3 heterocycles. The maximum atomic E-state index is 11.7. The lowest BCUT2D eigenvalue weighted by molar-refractivity contribution is 0.0525. The third-order valence-corrected chi connectivity index (χ3v) is 3.25. The molecule has 0 radical (unpaired) electrons. The molecule has 0 saturated carbocycles. The molecule has 0 atom stereocenters. The van der Waals surface area contributed by atoms with Gasteiger partial charge in [-0.1, -0.05) is 0 Å². The van der Waals surface area contributed by atoms with Gasteiger partial charge in [-0.15, -0.1) is 5.10 Å². The van der Waals surface area contributed by atoms with Gasteiger partial charge in [-0.25, -0.2) is 14.3 Å². The Hall–Kier alpha value is -2.15. The number of rotatable bonds is 3. The zero-order valence-electron chi connectivity index (χ0n) is 11.4. The van der Waals surface area contributed by atoms with Crippen LogP contribution >= 0.6 is 0 Å². The Kier molecular flexibility index (Phi) is 3.51. The third kappa shape index (κ3) is 2.44. The number of fused-ring (bicyclic) bond motifs is 1. The Morgan fingerprint density at radius 1 is 1.45 bits per heavy atom. The van der Waals surface area contributed by atoms with E-state index in [9.17, 15) is 4.79 Å². The molecule has 0 bridgehead atoms. The summed E-state index contributed by atoms with van der Waals surface area (Å²) >= 11 is 0. The molecule has 106 valence electrons. The Morgan fingerprint density at radius 2 is 2.25 bits per heavy atom. The molecule has 0 aromatic carbocycles. The van der Waals surface area contributed by atoms with Crippen molar-refractivity contribution in [3.05, 3.63) is 24.0 Å². The molecular weight excluding hydrogens is 258 g/mol. The van der Waals surface area contributed by atoms with Crippen LogP contribution in [0.25, 0.3) is 5.65 Å². The highest BCUT2D eigenvalue weighted by Crippen LogP contribution is 2.15. The monoisotopic (exact) mass is 275 g/mol.